The van der Waals surface area contributed by atoms with Crippen molar-refractivity contribution in [1.82, 2.24) is 9.88 Å². The van der Waals surface area contributed by atoms with E-state index in [1.165, 1.54) is 40.8 Å². The molecule has 0 amide bonds. The Bertz CT molecular complexity index is 1270. The van der Waals surface area contributed by atoms with Gasteiger partial charge in [-0.2, -0.15) is 0 Å². The first-order valence-corrected chi connectivity index (χ1v) is 11.4. The zero-order valence-electron chi connectivity index (χ0n) is 18.8. The van der Waals surface area contributed by atoms with Gasteiger partial charge in [0.25, 0.3) is 0 Å². The van der Waals surface area contributed by atoms with Crippen molar-refractivity contribution < 1.29 is 13.9 Å². The number of aryl methyl sites for hydroxylation is 1. The summed E-state index contributed by atoms with van der Waals surface area (Å²) in [5.74, 6) is 0.648. The Kier molecular flexibility index (Phi) is 6.13. The Labute approximate surface area is 193 Å². The van der Waals surface area contributed by atoms with Crippen molar-refractivity contribution in [2.24, 2.45) is 0 Å². The zero-order chi connectivity index (χ0) is 22.6. The van der Waals surface area contributed by atoms with E-state index in [1.54, 1.807) is 6.26 Å². The summed E-state index contributed by atoms with van der Waals surface area (Å²) in [5.41, 5.74) is 6.27. The molecule has 0 saturated heterocycles. The molecule has 0 saturated carbocycles. The number of H-pyrrole nitrogens is 1. The minimum absolute atomic E-state index is 0.338. The molecule has 0 spiro atoms. The number of fused-ring (bicyclic) bond motifs is 2. The number of nitrogens with one attached hydrogen (secondary N) is 1. The van der Waals surface area contributed by atoms with E-state index in [2.05, 4.69) is 64.6 Å². The van der Waals surface area contributed by atoms with E-state index < -0.39 is 0 Å². The number of ether oxygens (including phenoxy) is 1. The van der Waals surface area contributed by atoms with Crippen LogP contribution in [0.3, 0.4) is 0 Å². The number of esters is 1. The van der Waals surface area contributed by atoms with E-state index in [-0.39, 0.29) is 5.97 Å². The zero-order valence-corrected chi connectivity index (χ0v) is 18.8. The molecule has 168 valence electrons. The predicted molar refractivity (Wildman–Crippen MR) is 130 cm³/mol. The Morgan fingerprint density at radius 2 is 2.12 bits per heavy atom. The lowest BCUT2D eigenvalue weighted by Crippen LogP contribution is -2.29. The molecule has 4 aromatic rings. The lowest BCUT2D eigenvalue weighted by Gasteiger charge is -2.29. The second-order valence-corrected chi connectivity index (χ2v) is 8.53. The van der Waals surface area contributed by atoms with Crippen molar-refractivity contribution in [1.29, 1.82) is 0 Å². The molecule has 2 aromatic carbocycles. The van der Waals surface area contributed by atoms with Gasteiger partial charge in [-0.3, -0.25) is 4.90 Å². The molecule has 1 unspecified atom stereocenters. The number of aromatic amines is 1. The molecule has 2 aromatic heterocycles. The summed E-state index contributed by atoms with van der Waals surface area (Å²) < 4.78 is 10.4. The lowest BCUT2D eigenvalue weighted by atomic mass is 10.0. The van der Waals surface area contributed by atoms with Crippen molar-refractivity contribution in [2.45, 2.75) is 31.8 Å². The van der Waals surface area contributed by atoms with Gasteiger partial charge in [0.2, 0.25) is 0 Å². The van der Waals surface area contributed by atoms with E-state index in [4.69, 9.17) is 9.15 Å². The number of hydrogen-bond donors (Lipinski definition) is 1. The van der Waals surface area contributed by atoms with Crippen LogP contribution >= 0.6 is 0 Å². The molecule has 5 rings (SSSR count). The topological polar surface area (TPSA) is 58.5 Å². The molecule has 1 N–H and O–H groups in total. The number of rotatable bonds is 8. The monoisotopic (exact) mass is 440 g/mol. The van der Waals surface area contributed by atoms with Gasteiger partial charge >= 0.3 is 5.97 Å². The summed E-state index contributed by atoms with van der Waals surface area (Å²) in [4.78, 5) is 17.4. The van der Waals surface area contributed by atoms with Crippen LogP contribution in [0.5, 0.6) is 0 Å². The summed E-state index contributed by atoms with van der Waals surface area (Å²) >= 11 is 0. The van der Waals surface area contributed by atoms with Crippen LogP contribution in [-0.4, -0.2) is 29.5 Å². The van der Waals surface area contributed by atoms with Crippen molar-refractivity contribution in [3.8, 4) is 0 Å². The molecular formula is C28H28N2O3. The van der Waals surface area contributed by atoms with Gasteiger partial charge in [-0.1, -0.05) is 36.4 Å². The highest BCUT2D eigenvalue weighted by atomic mass is 16.5. The number of carbonyl (C=O) groups excluding carboxylic acids is 1. The van der Waals surface area contributed by atoms with Gasteiger partial charge < -0.3 is 14.1 Å². The summed E-state index contributed by atoms with van der Waals surface area (Å²) in [7, 11) is 1.39. The van der Waals surface area contributed by atoms with E-state index in [9.17, 15) is 4.79 Å². The molecule has 0 radical (unpaired) electrons. The maximum atomic E-state index is 11.4. The van der Waals surface area contributed by atoms with Gasteiger partial charge in [0.15, 0.2) is 0 Å². The third kappa shape index (κ3) is 4.64. The normalized spacial score (nSPS) is 15.5. The van der Waals surface area contributed by atoms with Crippen LogP contribution in [0.4, 0.5) is 0 Å². The number of methoxy groups -OCH3 is 1. The average molecular weight is 441 g/mol. The highest BCUT2D eigenvalue weighted by Gasteiger charge is 2.28. The average Bonchev–Trinajstić information content (AvgIpc) is 3.60. The first kappa shape index (κ1) is 21.3. The summed E-state index contributed by atoms with van der Waals surface area (Å²) in [6.45, 7) is 1.72. The first-order valence-electron chi connectivity index (χ1n) is 11.4. The SMILES string of the molecule is COC(=O)C=Cc1ccc2c(c1)CCC2N(CCc1c[nH]c2ccccc12)Cc1ccco1. The van der Waals surface area contributed by atoms with Crippen LogP contribution in [-0.2, 0) is 28.9 Å². The number of hydrogen-bond acceptors (Lipinski definition) is 4. The third-order valence-electron chi connectivity index (χ3n) is 6.55. The molecule has 5 nitrogen and oxygen atoms in total. The van der Waals surface area contributed by atoms with Crippen LogP contribution in [0.25, 0.3) is 17.0 Å². The molecule has 1 aliphatic rings. The van der Waals surface area contributed by atoms with Crippen molar-refractivity contribution in [3.63, 3.8) is 0 Å². The van der Waals surface area contributed by atoms with Crippen LogP contribution < -0.4 is 0 Å². The largest absolute Gasteiger partial charge is 0.468 e. The fraction of sp³-hybridized carbons (Fsp3) is 0.250. The van der Waals surface area contributed by atoms with Crippen LogP contribution in [0.2, 0.25) is 0 Å². The van der Waals surface area contributed by atoms with Gasteiger partial charge in [-0.25, -0.2) is 4.79 Å². The van der Waals surface area contributed by atoms with Gasteiger partial charge in [0.05, 0.1) is 19.9 Å². The van der Waals surface area contributed by atoms with Gasteiger partial charge in [0.1, 0.15) is 5.76 Å². The summed E-state index contributed by atoms with van der Waals surface area (Å²) in [6, 6.07) is 19.3. The van der Waals surface area contributed by atoms with Crippen LogP contribution in [0.1, 0.15) is 40.5 Å². The van der Waals surface area contributed by atoms with E-state index in [0.717, 1.165) is 43.7 Å². The molecule has 1 atom stereocenters. The highest BCUT2D eigenvalue weighted by molar-refractivity contribution is 5.87. The van der Waals surface area contributed by atoms with Crippen molar-refractivity contribution in [2.75, 3.05) is 13.7 Å². The number of para-hydroxylation sites is 1. The van der Waals surface area contributed by atoms with Crippen molar-refractivity contribution >= 4 is 22.9 Å². The van der Waals surface area contributed by atoms with Gasteiger partial charge in [-0.15, -0.1) is 0 Å². The fourth-order valence-electron chi connectivity index (χ4n) is 4.88. The number of carbonyl (C=O) groups is 1. The Hall–Kier alpha value is -3.57. The number of furan rings is 1. The standard InChI is InChI=1S/C28H28N2O3/c1-32-28(31)13-9-20-8-11-25-21(17-20)10-12-27(25)30(19-23-5-4-16-33-23)15-14-22-18-29-26-7-3-2-6-24(22)26/h2-9,11,13,16-18,27,29H,10,12,14-15,19H2,1H3. The number of nitrogens with zero attached hydrogens (tertiary/aromatic N) is 1. The molecule has 33 heavy (non-hydrogen) atoms. The second kappa shape index (κ2) is 9.51. The first-order chi connectivity index (χ1) is 16.2. The molecule has 5 heteroatoms. The quantitative estimate of drug-likeness (QED) is 0.283. The third-order valence-corrected chi connectivity index (χ3v) is 6.55. The molecule has 0 aliphatic heterocycles. The van der Waals surface area contributed by atoms with Crippen LogP contribution in [0, 0.1) is 0 Å². The fourth-order valence-corrected chi connectivity index (χ4v) is 4.88. The van der Waals surface area contributed by atoms with Crippen molar-refractivity contribution in [3.05, 3.63) is 101 Å². The molecule has 1 aliphatic carbocycles. The molecular weight excluding hydrogens is 412 g/mol. The molecule has 2 heterocycles. The van der Waals surface area contributed by atoms with E-state index in [1.807, 2.05) is 12.1 Å². The maximum Gasteiger partial charge on any atom is 0.330 e. The Morgan fingerprint density at radius 1 is 1.21 bits per heavy atom. The summed E-state index contributed by atoms with van der Waals surface area (Å²) in [5, 5.41) is 1.30. The Balaban J connectivity index is 1.37. The van der Waals surface area contributed by atoms with E-state index in [0.29, 0.717) is 6.04 Å². The van der Waals surface area contributed by atoms with E-state index >= 15 is 0 Å². The molecule has 0 fully saturated rings. The predicted octanol–water partition coefficient (Wildman–Crippen LogP) is 5.68. The van der Waals surface area contributed by atoms with Gasteiger partial charge in [-0.05, 0) is 65.8 Å². The smallest absolute Gasteiger partial charge is 0.330 e. The molecule has 0 bridgehead atoms. The highest BCUT2D eigenvalue weighted by Crippen LogP contribution is 2.37. The maximum absolute atomic E-state index is 11.4. The number of benzene rings is 2. The van der Waals surface area contributed by atoms with Gasteiger partial charge in [0, 0.05) is 35.8 Å². The number of aromatic nitrogens is 1. The van der Waals surface area contributed by atoms with Crippen LogP contribution in [0.15, 0.2) is 77.6 Å². The summed E-state index contributed by atoms with van der Waals surface area (Å²) in [6.07, 6.45) is 10.2. The second-order valence-electron chi connectivity index (χ2n) is 8.53. The minimum atomic E-state index is -0.338. The minimum Gasteiger partial charge on any atom is -0.468 e. The lowest BCUT2D eigenvalue weighted by molar-refractivity contribution is -0.134. The Morgan fingerprint density at radius 3 is 2.97 bits per heavy atom.